The maximum Gasteiger partial charge on any atom is 0.191 e. The molecule has 3 rings (SSSR count). The van der Waals surface area contributed by atoms with Gasteiger partial charge < -0.3 is 20.3 Å². The number of aliphatic imine (C=N–C) groups is 1. The van der Waals surface area contributed by atoms with Crippen molar-refractivity contribution in [3.63, 3.8) is 0 Å². The first-order valence-electron chi connectivity index (χ1n) is 9.28. The lowest BCUT2D eigenvalue weighted by atomic mass is 9.96. The monoisotopic (exact) mass is 451 g/mol. The van der Waals surface area contributed by atoms with Gasteiger partial charge in [-0.1, -0.05) is 6.92 Å². The number of rotatable bonds is 5. The van der Waals surface area contributed by atoms with Gasteiger partial charge in [0.2, 0.25) is 0 Å². The topological polar surface area (TPSA) is 52.1 Å². The molecule has 0 aromatic carbocycles. The van der Waals surface area contributed by atoms with Crippen LogP contribution in [0.5, 0.6) is 0 Å². The van der Waals surface area contributed by atoms with E-state index in [0.717, 1.165) is 18.9 Å². The van der Waals surface area contributed by atoms with Gasteiger partial charge in [-0.3, -0.25) is 9.89 Å². The number of hydrogen-bond donors (Lipinski definition) is 2. The number of likely N-dealkylation sites (N-methyl/N-ethyl adjacent to an activating group) is 1. The minimum absolute atomic E-state index is 0. The van der Waals surface area contributed by atoms with E-state index in [-0.39, 0.29) is 24.0 Å². The smallest absolute Gasteiger partial charge is 0.191 e. The summed E-state index contributed by atoms with van der Waals surface area (Å²) in [4.78, 5) is 9.49. The third kappa shape index (κ3) is 4.95. The van der Waals surface area contributed by atoms with Gasteiger partial charge in [-0.05, 0) is 32.7 Å². The highest BCUT2D eigenvalue weighted by molar-refractivity contribution is 14.0. The fourth-order valence-electron chi connectivity index (χ4n) is 4.05. The Morgan fingerprint density at radius 1 is 1.25 bits per heavy atom. The number of ether oxygens (including phenoxy) is 1. The van der Waals surface area contributed by atoms with Crippen molar-refractivity contribution in [1.29, 1.82) is 0 Å². The Hall–Kier alpha value is -0.120. The van der Waals surface area contributed by atoms with Crippen molar-refractivity contribution < 1.29 is 4.74 Å². The summed E-state index contributed by atoms with van der Waals surface area (Å²) in [5, 5.41) is 7.06. The van der Waals surface area contributed by atoms with Crippen LogP contribution in [0.25, 0.3) is 0 Å². The molecular formula is C17H34IN5O. The lowest BCUT2D eigenvalue weighted by Crippen LogP contribution is -2.54. The second-order valence-electron chi connectivity index (χ2n) is 7.13. The van der Waals surface area contributed by atoms with E-state index in [1.807, 2.05) is 7.05 Å². The van der Waals surface area contributed by atoms with Crippen LogP contribution in [0.3, 0.4) is 0 Å². The van der Waals surface area contributed by atoms with Gasteiger partial charge in [-0.25, -0.2) is 0 Å². The van der Waals surface area contributed by atoms with Gasteiger partial charge >= 0.3 is 0 Å². The van der Waals surface area contributed by atoms with Crippen molar-refractivity contribution in [2.45, 2.75) is 57.4 Å². The predicted molar refractivity (Wildman–Crippen MR) is 109 cm³/mol. The Morgan fingerprint density at radius 2 is 2.00 bits per heavy atom. The number of piperazine rings is 1. The predicted octanol–water partition coefficient (Wildman–Crippen LogP) is 1.12. The Labute approximate surface area is 163 Å². The van der Waals surface area contributed by atoms with Crippen molar-refractivity contribution in [1.82, 2.24) is 20.4 Å². The molecule has 3 aliphatic rings. The van der Waals surface area contributed by atoms with Crippen LogP contribution in [0.1, 0.15) is 33.1 Å². The van der Waals surface area contributed by atoms with Crippen LogP contribution >= 0.6 is 24.0 Å². The minimum Gasteiger partial charge on any atom is -0.373 e. The van der Waals surface area contributed by atoms with Crippen molar-refractivity contribution in [3.05, 3.63) is 0 Å². The molecule has 24 heavy (non-hydrogen) atoms. The molecule has 3 aliphatic heterocycles. The van der Waals surface area contributed by atoms with Gasteiger partial charge in [0, 0.05) is 45.8 Å². The van der Waals surface area contributed by atoms with Crippen LogP contribution in [0.2, 0.25) is 0 Å². The van der Waals surface area contributed by atoms with E-state index >= 15 is 0 Å². The molecule has 3 heterocycles. The largest absolute Gasteiger partial charge is 0.373 e. The molecular weight excluding hydrogens is 417 g/mol. The highest BCUT2D eigenvalue weighted by Crippen LogP contribution is 2.34. The molecule has 6 nitrogen and oxygen atoms in total. The molecule has 4 atom stereocenters. The first-order valence-corrected chi connectivity index (χ1v) is 9.28. The molecule has 0 radical (unpaired) electrons. The van der Waals surface area contributed by atoms with Crippen molar-refractivity contribution in [2.24, 2.45) is 4.99 Å². The lowest BCUT2D eigenvalue weighted by molar-refractivity contribution is 0.0990. The summed E-state index contributed by atoms with van der Waals surface area (Å²) in [6.45, 7) is 11.4. The Kier molecular flexibility index (Phi) is 8.03. The van der Waals surface area contributed by atoms with Crippen molar-refractivity contribution >= 4 is 29.9 Å². The number of guanidine groups is 1. The molecule has 0 spiro atoms. The molecule has 2 N–H and O–H groups in total. The van der Waals surface area contributed by atoms with Gasteiger partial charge in [-0.2, -0.15) is 0 Å². The second kappa shape index (κ2) is 9.54. The van der Waals surface area contributed by atoms with Crippen LogP contribution in [0.15, 0.2) is 4.99 Å². The third-order valence-corrected chi connectivity index (χ3v) is 5.69. The maximum absolute atomic E-state index is 5.91. The van der Waals surface area contributed by atoms with E-state index in [0.29, 0.717) is 24.3 Å². The standard InChI is InChI=1S/C17H33N5O.HI/c1-4-21-7-9-22(10-8-21)13(2)12-19-17(18-3)20-15-11-14-5-6-16(15)23-14;/h13-16H,4-12H2,1-3H3,(H2,18,19,20);1H. The molecule has 3 saturated heterocycles. The molecule has 0 aliphatic carbocycles. The average molecular weight is 451 g/mol. The average Bonchev–Trinajstić information content (AvgIpc) is 3.21. The molecule has 0 saturated carbocycles. The number of nitrogens with zero attached hydrogens (tertiary/aromatic N) is 3. The summed E-state index contributed by atoms with van der Waals surface area (Å²) in [6, 6.07) is 0.965. The van der Waals surface area contributed by atoms with Gasteiger partial charge in [0.05, 0.1) is 18.2 Å². The fraction of sp³-hybridized carbons (Fsp3) is 0.941. The number of fused-ring (bicyclic) bond motifs is 2. The molecule has 0 amide bonds. The molecule has 3 fully saturated rings. The summed E-state index contributed by atoms with van der Waals surface area (Å²) in [5.74, 6) is 0.921. The minimum atomic E-state index is 0. The van der Waals surface area contributed by atoms with Gasteiger partial charge in [0.15, 0.2) is 5.96 Å². The number of halogens is 1. The summed E-state index contributed by atoms with van der Waals surface area (Å²) >= 11 is 0. The second-order valence-corrected chi connectivity index (χ2v) is 7.13. The normalized spacial score (nSPS) is 32.5. The maximum atomic E-state index is 5.91. The van der Waals surface area contributed by atoms with E-state index in [2.05, 4.69) is 39.3 Å². The summed E-state index contributed by atoms with van der Waals surface area (Å²) < 4.78 is 5.91. The van der Waals surface area contributed by atoms with E-state index in [9.17, 15) is 0 Å². The first-order chi connectivity index (χ1) is 11.2. The number of hydrogen-bond acceptors (Lipinski definition) is 4. The van der Waals surface area contributed by atoms with Crippen molar-refractivity contribution in [3.8, 4) is 0 Å². The molecule has 4 unspecified atom stereocenters. The van der Waals surface area contributed by atoms with E-state index < -0.39 is 0 Å². The zero-order valence-electron chi connectivity index (χ0n) is 15.3. The van der Waals surface area contributed by atoms with Crippen molar-refractivity contribution in [2.75, 3.05) is 46.3 Å². The molecule has 0 aromatic rings. The van der Waals surface area contributed by atoms with Crippen LogP contribution in [-0.4, -0.2) is 86.4 Å². The van der Waals surface area contributed by atoms with E-state index in [1.165, 1.54) is 45.6 Å². The summed E-state index contributed by atoms with van der Waals surface area (Å²) in [5.41, 5.74) is 0. The number of nitrogens with one attached hydrogen (secondary N) is 2. The lowest BCUT2D eigenvalue weighted by Gasteiger charge is -2.37. The zero-order valence-corrected chi connectivity index (χ0v) is 17.7. The van der Waals surface area contributed by atoms with Crippen LogP contribution in [-0.2, 0) is 4.74 Å². The molecule has 7 heteroatoms. The highest BCUT2D eigenvalue weighted by atomic mass is 127. The molecule has 140 valence electrons. The van der Waals surface area contributed by atoms with Gasteiger partial charge in [0.1, 0.15) is 0 Å². The SMILES string of the molecule is CCN1CCN(C(C)CNC(=NC)NC2CC3CCC2O3)CC1.I. The zero-order chi connectivity index (χ0) is 16.2. The third-order valence-electron chi connectivity index (χ3n) is 5.69. The summed E-state index contributed by atoms with van der Waals surface area (Å²) in [6.07, 6.45) is 4.41. The van der Waals surface area contributed by atoms with Crippen LogP contribution in [0.4, 0.5) is 0 Å². The van der Waals surface area contributed by atoms with Gasteiger partial charge in [0.25, 0.3) is 0 Å². The Bertz CT molecular complexity index is 414. The van der Waals surface area contributed by atoms with Gasteiger partial charge in [-0.15, -0.1) is 24.0 Å². The Morgan fingerprint density at radius 3 is 2.54 bits per heavy atom. The molecule has 2 bridgehead atoms. The van der Waals surface area contributed by atoms with Crippen LogP contribution in [0, 0.1) is 0 Å². The fourth-order valence-corrected chi connectivity index (χ4v) is 4.05. The van der Waals surface area contributed by atoms with E-state index in [1.54, 1.807) is 0 Å². The quantitative estimate of drug-likeness (QED) is 0.373. The van der Waals surface area contributed by atoms with Crippen LogP contribution < -0.4 is 10.6 Å². The first kappa shape index (κ1) is 20.2. The molecule has 0 aromatic heterocycles. The summed E-state index contributed by atoms with van der Waals surface area (Å²) in [7, 11) is 1.86. The van der Waals surface area contributed by atoms with E-state index in [4.69, 9.17) is 4.74 Å². The highest BCUT2D eigenvalue weighted by Gasteiger charge is 2.41. The Balaban J connectivity index is 0.00000208.